The molecule has 0 amide bonds. The number of hydrogen-bond donors (Lipinski definition) is 1. The molecule has 3 atom stereocenters. The Morgan fingerprint density at radius 2 is 2.12 bits per heavy atom. The zero-order valence-corrected chi connectivity index (χ0v) is 10.8. The maximum absolute atomic E-state index is 11.2. The van der Waals surface area contributed by atoms with Crippen molar-refractivity contribution in [3.8, 4) is 0 Å². The molecule has 1 aliphatic rings. The zero-order valence-electron chi connectivity index (χ0n) is 10.0. The Labute approximate surface area is 107 Å². The first kappa shape index (κ1) is 12.4. The summed E-state index contributed by atoms with van der Waals surface area (Å²) in [6, 6.07) is 8.22. The minimum absolute atomic E-state index is 0.0562. The van der Waals surface area contributed by atoms with Crippen molar-refractivity contribution in [2.24, 2.45) is 5.92 Å². The summed E-state index contributed by atoms with van der Waals surface area (Å²) in [4.78, 5) is 11.2. The minimum Gasteiger partial charge on any atom is -0.388 e. The van der Waals surface area contributed by atoms with Crippen molar-refractivity contribution in [3.63, 3.8) is 0 Å². The van der Waals surface area contributed by atoms with Crippen LogP contribution in [0.1, 0.15) is 30.7 Å². The fraction of sp³-hybridized carbons (Fsp3) is 0.500. The van der Waals surface area contributed by atoms with Crippen LogP contribution in [0.3, 0.4) is 0 Å². The van der Waals surface area contributed by atoms with E-state index in [4.69, 9.17) is 11.6 Å². The SMILES string of the molecule is CNc1ccccc1[C@@H]1CC[C@H](Cl)C[C@@H]1C=O. The van der Waals surface area contributed by atoms with E-state index in [0.717, 1.165) is 31.2 Å². The lowest BCUT2D eigenvalue weighted by Crippen LogP contribution is -2.25. The third-order valence-corrected chi connectivity index (χ3v) is 4.04. The van der Waals surface area contributed by atoms with Gasteiger partial charge in [-0.2, -0.15) is 0 Å². The summed E-state index contributed by atoms with van der Waals surface area (Å²) in [6.07, 6.45) is 3.87. The number of anilines is 1. The molecule has 0 unspecified atom stereocenters. The normalized spacial score (nSPS) is 28.7. The van der Waals surface area contributed by atoms with E-state index in [1.165, 1.54) is 5.56 Å². The third-order valence-electron chi connectivity index (χ3n) is 3.64. The van der Waals surface area contributed by atoms with E-state index < -0.39 is 0 Å². The zero-order chi connectivity index (χ0) is 12.3. The van der Waals surface area contributed by atoms with Crippen molar-refractivity contribution in [1.82, 2.24) is 0 Å². The smallest absolute Gasteiger partial charge is 0.123 e. The van der Waals surface area contributed by atoms with Crippen molar-refractivity contribution >= 4 is 23.6 Å². The van der Waals surface area contributed by atoms with E-state index in [0.29, 0.717) is 5.92 Å². The Bertz CT molecular complexity index is 394. The maximum atomic E-state index is 11.2. The van der Waals surface area contributed by atoms with Gasteiger partial charge in [0.05, 0.1) is 0 Å². The van der Waals surface area contributed by atoms with E-state index in [-0.39, 0.29) is 11.3 Å². The molecule has 0 radical (unpaired) electrons. The fourth-order valence-electron chi connectivity index (χ4n) is 2.74. The Hall–Kier alpha value is -1.02. The number of rotatable bonds is 3. The first-order valence-electron chi connectivity index (χ1n) is 6.12. The van der Waals surface area contributed by atoms with Crippen LogP contribution in [0.2, 0.25) is 0 Å². The molecule has 2 nitrogen and oxygen atoms in total. The quantitative estimate of drug-likeness (QED) is 0.659. The molecular formula is C14H18ClNO. The summed E-state index contributed by atoms with van der Waals surface area (Å²) in [6.45, 7) is 0. The fourth-order valence-corrected chi connectivity index (χ4v) is 3.07. The highest BCUT2D eigenvalue weighted by Crippen LogP contribution is 2.41. The predicted molar refractivity (Wildman–Crippen MR) is 71.8 cm³/mol. The van der Waals surface area contributed by atoms with Gasteiger partial charge in [-0.1, -0.05) is 18.2 Å². The molecular weight excluding hydrogens is 234 g/mol. The van der Waals surface area contributed by atoms with Gasteiger partial charge in [0.25, 0.3) is 0 Å². The molecule has 92 valence electrons. The van der Waals surface area contributed by atoms with Crippen LogP contribution in [0.25, 0.3) is 0 Å². The van der Waals surface area contributed by atoms with Gasteiger partial charge in [0.15, 0.2) is 0 Å². The lowest BCUT2D eigenvalue weighted by molar-refractivity contribution is -0.112. The average Bonchev–Trinajstić information content (AvgIpc) is 2.38. The largest absolute Gasteiger partial charge is 0.388 e. The molecule has 1 aliphatic carbocycles. The highest BCUT2D eigenvalue weighted by atomic mass is 35.5. The van der Waals surface area contributed by atoms with Gasteiger partial charge < -0.3 is 10.1 Å². The number of alkyl halides is 1. The second-order valence-electron chi connectivity index (χ2n) is 4.65. The van der Waals surface area contributed by atoms with Gasteiger partial charge in [0.2, 0.25) is 0 Å². The Balaban J connectivity index is 2.28. The topological polar surface area (TPSA) is 29.1 Å². The first-order valence-corrected chi connectivity index (χ1v) is 6.56. The molecule has 17 heavy (non-hydrogen) atoms. The van der Waals surface area contributed by atoms with E-state index in [9.17, 15) is 4.79 Å². The molecule has 0 heterocycles. The Morgan fingerprint density at radius 3 is 2.82 bits per heavy atom. The maximum Gasteiger partial charge on any atom is 0.123 e. The molecule has 0 aromatic heterocycles. The molecule has 1 N–H and O–H groups in total. The highest BCUT2D eigenvalue weighted by Gasteiger charge is 2.31. The number of nitrogens with one attached hydrogen (secondary N) is 1. The van der Waals surface area contributed by atoms with Gasteiger partial charge in [-0.15, -0.1) is 11.6 Å². The predicted octanol–water partition coefficient (Wildman–Crippen LogP) is 3.42. The molecule has 0 spiro atoms. The van der Waals surface area contributed by atoms with Crippen LogP contribution in [0.5, 0.6) is 0 Å². The van der Waals surface area contributed by atoms with Crippen LogP contribution in [0.15, 0.2) is 24.3 Å². The molecule has 0 saturated heterocycles. The molecule has 1 saturated carbocycles. The van der Waals surface area contributed by atoms with E-state index in [2.05, 4.69) is 17.4 Å². The number of carbonyl (C=O) groups excluding carboxylic acids is 1. The molecule has 1 fully saturated rings. The summed E-state index contributed by atoms with van der Waals surface area (Å²) in [5, 5.41) is 3.36. The molecule has 2 rings (SSSR count). The lowest BCUT2D eigenvalue weighted by Gasteiger charge is -2.32. The van der Waals surface area contributed by atoms with E-state index in [1.807, 2.05) is 19.2 Å². The van der Waals surface area contributed by atoms with Crippen LogP contribution in [0, 0.1) is 5.92 Å². The van der Waals surface area contributed by atoms with E-state index >= 15 is 0 Å². The van der Waals surface area contributed by atoms with Gasteiger partial charge >= 0.3 is 0 Å². The summed E-state index contributed by atoms with van der Waals surface area (Å²) < 4.78 is 0. The number of benzene rings is 1. The number of hydrogen-bond acceptors (Lipinski definition) is 2. The highest BCUT2D eigenvalue weighted by molar-refractivity contribution is 6.20. The molecule has 1 aromatic rings. The number of halogens is 1. The number of carbonyl (C=O) groups is 1. The molecule has 0 aliphatic heterocycles. The van der Waals surface area contributed by atoms with Gasteiger partial charge in [-0.25, -0.2) is 0 Å². The second-order valence-corrected chi connectivity index (χ2v) is 5.27. The van der Waals surface area contributed by atoms with Crippen molar-refractivity contribution < 1.29 is 4.79 Å². The Morgan fingerprint density at radius 1 is 1.35 bits per heavy atom. The molecule has 3 heteroatoms. The van der Waals surface area contributed by atoms with Crippen LogP contribution in [-0.4, -0.2) is 18.7 Å². The van der Waals surface area contributed by atoms with Crippen molar-refractivity contribution in [2.75, 3.05) is 12.4 Å². The summed E-state index contributed by atoms with van der Waals surface area (Å²) in [5.74, 6) is 0.367. The number of aldehydes is 1. The van der Waals surface area contributed by atoms with Gasteiger partial charge in [0.1, 0.15) is 6.29 Å². The van der Waals surface area contributed by atoms with Gasteiger partial charge in [-0.3, -0.25) is 0 Å². The summed E-state index contributed by atoms with van der Waals surface area (Å²) >= 11 is 6.14. The summed E-state index contributed by atoms with van der Waals surface area (Å²) in [7, 11) is 1.92. The first-order chi connectivity index (χ1) is 8.26. The third kappa shape index (κ3) is 2.63. The summed E-state index contributed by atoms with van der Waals surface area (Å²) in [5.41, 5.74) is 2.37. The average molecular weight is 252 g/mol. The van der Waals surface area contributed by atoms with Gasteiger partial charge in [0, 0.05) is 24.0 Å². The minimum atomic E-state index is 0.0562. The van der Waals surface area contributed by atoms with Crippen molar-refractivity contribution in [3.05, 3.63) is 29.8 Å². The number of para-hydroxylation sites is 1. The van der Waals surface area contributed by atoms with Crippen LogP contribution in [-0.2, 0) is 4.79 Å². The molecule has 1 aromatic carbocycles. The van der Waals surface area contributed by atoms with Crippen molar-refractivity contribution in [1.29, 1.82) is 0 Å². The van der Waals surface area contributed by atoms with Gasteiger partial charge in [-0.05, 0) is 36.8 Å². The monoisotopic (exact) mass is 251 g/mol. The standard InChI is InChI=1S/C14H18ClNO/c1-16-14-5-3-2-4-13(14)12-7-6-11(15)8-10(12)9-17/h2-5,9-12,16H,6-8H2,1H3/t10-,11+,12-/m1/s1. The van der Waals surface area contributed by atoms with Crippen molar-refractivity contribution in [2.45, 2.75) is 30.6 Å². The molecule has 0 bridgehead atoms. The van der Waals surface area contributed by atoms with Crippen LogP contribution < -0.4 is 5.32 Å². The Kier molecular flexibility index (Phi) is 4.06. The van der Waals surface area contributed by atoms with Crippen LogP contribution in [0.4, 0.5) is 5.69 Å². The second kappa shape index (κ2) is 5.54. The van der Waals surface area contributed by atoms with E-state index in [1.54, 1.807) is 0 Å². The van der Waals surface area contributed by atoms with Crippen LogP contribution >= 0.6 is 11.6 Å². The lowest BCUT2D eigenvalue weighted by atomic mass is 9.75.